The first-order valence-electron chi connectivity index (χ1n) is 8.68. The molecular weight excluding hydrogens is 398 g/mol. The second kappa shape index (κ2) is 9.22. The summed E-state index contributed by atoms with van der Waals surface area (Å²) in [6, 6.07) is 12.3. The fraction of sp³-hybridized carbons (Fsp3) is 0.158. The molecule has 152 valence electrons. The van der Waals surface area contributed by atoms with Crippen LogP contribution in [0.4, 0.5) is 5.69 Å². The molecule has 0 fully saturated rings. The highest BCUT2D eigenvalue weighted by atomic mass is 32.2. The van der Waals surface area contributed by atoms with E-state index in [1.54, 1.807) is 24.3 Å². The number of benzene rings is 1. The Morgan fingerprint density at radius 2 is 1.76 bits per heavy atom. The maximum atomic E-state index is 12.4. The molecule has 2 amide bonds. The molecule has 3 rings (SSSR count). The number of amides is 2. The van der Waals surface area contributed by atoms with E-state index in [0.29, 0.717) is 11.4 Å². The fourth-order valence-corrected chi connectivity index (χ4v) is 3.45. The number of carbonyl (C=O) groups excluding carboxylic acids is 2. The van der Waals surface area contributed by atoms with E-state index in [1.165, 1.54) is 36.8 Å². The number of hydrogen-bond donors (Lipinski definition) is 3. The Morgan fingerprint density at radius 3 is 2.48 bits per heavy atom. The van der Waals surface area contributed by atoms with Crippen molar-refractivity contribution in [3.63, 3.8) is 0 Å². The van der Waals surface area contributed by atoms with E-state index >= 15 is 0 Å². The van der Waals surface area contributed by atoms with Crippen LogP contribution in [-0.4, -0.2) is 26.8 Å². The van der Waals surface area contributed by atoms with Crippen LogP contribution < -0.4 is 15.4 Å². The molecule has 0 bridgehead atoms. The maximum absolute atomic E-state index is 12.4. The van der Waals surface area contributed by atoms with Gasteiger partial charge >= 0.3 is 0 Å². The van der Waals surface area contributed by atoms with E-state index in [9.17, 15) is 18.0 Å². The van der Waals surface area contributed by atoms with Gasteiger partial charge in [0.05, 0.1) is 24.0 Å². The third-order valence-corrected chi connectivity index (χ3v) is 5.23. The van der Waals surface area contributed by atoms with E-state index in [1.807, 2.05) is 0 Å². The Hall–Kier alpha value is -3.37. The molecule has 9 nitrogen and oxygen atoms in total. The van der Waals surface area contributed by atoms with Gasteiger partial charge < -0.3 is 19.5 Å². The standard InChI is InChI=1S/C19H19N3O6S/c23-18(8-9-20-19(24)17-7-3-11-28-17)22-14-4-1-6-16(12-14)29(25,26)21-13-15-5-2-10-27-15/h1-7,10-12,21H,8-9,13H2,(H,20,24)(H,22,23). The zero-order valence-corrected chi connectivity index (χ0v) is 16.1. The number of anilines is 1. The fourth-order valence-electron chi connectivity index (χ4n) is 2.41. The highest BCUT2D eigenvalue weighted by Gasteiger charge is 2.15. The normalized spacial score (nSPS) is 11.2. The molecule has 0 aliphatic heterocycles. The van der Waals surface area contributed by atoms with E-state index in [0.717, 1.165) is 0 Å². The molecule has 0 aliphatic rings. The van der Waals surface area contributed by atoms with Gasteiger partial charge in [0.1, 0.15) is 5.76 Å². The Bertz CT molecular complexity index is 1060. The lowest BCUT2D eigenvalue weighted by molar-refractivity contribution is -0.116. The average Bonchev–Trinajstić information content (AvgIpc) is 3.40. The minimum Gasteiger partial charge on any atom is -0.468 e. The van der Waals surface area contributed by atoms with Crippen LogP contribution in [0.2, 0.25) is 0 Å². The molecule has 29 heavy (non-hydrogen) atoms. The van der Waals surface area contributed by atoms with Gasteiger partial charge in [-0.05, 0) is 42.5 Å². The number of furan rings is 2. The largest absolute Gasteiger partial charge is 0.468 e. The van der Waals surface area contributed by atoms with Crippen molar-refractivity contribution >= 4 is 27.5 Å². The van der Waals surface area contributed by atoms with E-state index in [-0.39, 0.29) is 36.1 Å². The molecule has 2 aromatic heterocycles. The zero-order valence-electron chi connectivity index (χ0n) is 15.3. The molecule has 0 radical (unpaired) electrons. The van der Waals surface area contributed by atoms with E-state index in [2.05, 4.69) is 15.4 Å². The van der Waals surface area contributed by atoms with Crippen molar-refractivity contribution in [2.75, 3.05) is 11.9 Å². The van der Waals surface area contributed by atoms with Crippen molar-refractivity contribution in [3.05, 3.63) is 72.6 Å². The molecule has 0 spiro atoms. The van der Waals surface area contributed by atoms with Crippen LogP contribution in [0.3, 0.4) is 0 Å². The summed E-state index contributed by atoms with van der Waals surface area (Å²) in [5.41, 5.74) is 0.327. The van der Waals surface area contributed by atoms with Crippen LogP contribution in [0.25, 0.3) is 0 Å². The summed E-state index contributed by atoms with van der Waals surface area (Å²) in [5.74, 6) is -0.152. The minimum atomic E-state index is -3.78. The Morgan fingerprint density at radius 1 is 0.966 bits per heavy atom. The molecule has 0 saturated carbocycles. The lowest BCUT2D eigenvalue weighted by atomic mass is 10.3. The van der Waals surface area contributed by atoms with Gasteiger partial charge in [0, 0.05) is 18.7 Å². The van der Waals surface area contributed by atoms with Gasteiger partial charge in [0.2, 0.25) is 15.9 Å². The lowest BCUT2D eigenvalue weighted by Crippen LogP contribution is -2.27. The molecule has 0 unspecified atom stereocenters. The second-order valence-electron chi connectivity index (χ2n) is 5.96. The average molecular weight is 417 g/mol. The highest BCUT2D eigenvalue weighted by molar-refractivity contribution is 7.89. The summed E-state index contributed by atoms with van der Waals surface area (Å²) in [4.78, 5) is 23.8. The maximum Gasteiger partial charge on any atom is 0.286 e. The Kier molecular flexibility index (Phi) is 6.47. The second-order valence-corrected chi connectivity index (χ2v) is 7.73. The minimum absolute atomic E-state index is 0.00739. The van der Waals surface area contributed by atoms with Crippen LogP contribution in [0.5, 0.6) is 0 Å². The van der Waals surface area contributed by atoms with Gasteiger partial charge in [0.15, 0.2) is 5.76 Å². The SMILES string of the molecule is O=C(CCNC(=O)c1ccco1)Nc1cccc(S(=O)(=O)NCc2ccco2)c1. The predicted molar refractivity (Wildman–Crippen MR) is 103 cm³/mol. The van der Waals surface area contributed by atoms with Crippen molar-refractivity contribution in [2.45, 2.75) is 17.9 Å². The first-order valence-corrected chi connectivity index (χ1v) is 10.2. The van der Waals surface area contributed by atoms with Crippen LogP contribution in [0.1, 0.15) is 22.7 Å². The van der Waals surface area contributed by atoms with Gasteiger partial charge in [-0.15, -0.1) is 0 Å². The molecule has 0 saturated heterocycles. The third-order valence-electron chi connectivity index (χ3n) is 3.83. The van der Waals surface area contributed by atoms with Gasteiger partial charge in [-0.25, -0.2) is 13.1 Å². The Balaban J connectivity index is 1.52. The van der Waals surface area contributed by atoms with Crippen LogP contribution in [0, 0.1) is 0 Å². The Labute approximate surface area is 167 Å². The van der Waals surface area contributed by atoms with Crippen molar-refractivity contribution < 1.29 is 26.8 Å². The number of carbonyl (C=O) groups is 2. The molecular formula is C19H19N3O6S. The topological polar surface area (TPSA) is 131 Å². The summed E-state index contributed by atoms with van der Waals surface area (Å²) in [7, 11) is -3.78. The van der Waals surface area contributed by atoms with Gasteiger partial charge in [-0.2, -0.15) is 0 Å². The summed E-state index contributed by atoms with van der Waals surface area (Å²) in [6.45, 7) is 0.120. The van der Waals surface area contributed by atoms with Crippen molar-refractivity contribution in [1.29, 1.82) is 0 Å². The smallest absolute Gasteiger partial charge is 0.286 e. The molecule has 2 heterocycles. The summed E-state index contributed by atoms with van der Waals surface area (Å²) < 4.78 is 37.3. The first-order chi connectivity index (χ1) is 13.9. The van der Waals surface area contributed by atoms with E-state index < -0.39 is 15.9 Å². The van der Waals surface area contributed by atoms with Gasteiger partial charge in [-0.1, -0.05) is 6.07 Å². The number of nitrogens with one attached hydrogen (secondary N) is 3. The first kappa shape index (κ1) is 20.4. The number of sulfonamides is 1. The van der Waals surface area contributed by atoms with Gasteiger partial charge in [0.25, 0.3) is 5.91 Å². The summed E-state index contributed by atoms with van der Waals surface area (Å²) >= 11 is 0. The molecule has 3 N–H and O–H groups in total. The highest BCUT2D eigenvalue weighted by Crippen LogP contribution is 2.16. The summed E-state index contributed by atoms with van der Waals surface area (Å²) in [6.07, 6.45) is 2.85. The van der Waals surface area contributed by atoms with Gasteiger partial charge in [-0.3, -0.25) is 9.59 Å². The monoisotopic (exact) mass is 417 g/mol. The quantitative estimate of drug-likeness (QED) is 0.489. The van der Waals surface area contributed by atoms with Crippen LogP contribution in [0.15, 0.2) is 74.8 Å². The van der Waals surface area contributed by atoms with Crippen molar-refractivity contribution in [2.24, 2.45) is 0 Å². The number of hydrogen-bond acceptors (Lipinski definition) is 6. The molecule has 0 atom stereocenters. The molecule has 1 aromatic carbocycles. The van der Waals surface area contributed by atoms with Crippen LogP contribution in [-0.2, 0) is 21.4 Å². The van der Waals surface area contributed by atoms with Crippen molar-refractivity contribution in [3.8, 4) is 0 Å². The van der Waals surface area contributed by atoms with Crippen molar-refractivity contribution in [1.82, 2.24) is 10.0 Å². The predicted octanol–water partition coefficient (Wildman–Crippen LogP) is 2.11. The molecule has 0 aliphatic carbocycles. The van der Waals surface area contributed by atoms with Crippen LogP contribution >= 0.6 is 0 Å². The third kappa shape index (κ3) is 5.80. The zero-order chi connectivity index (χ0) is 20.7. The summed E-state index contributed by atoms with van der Waals surface area (Å²) in [5, 5.41) is 5.17. The molecule has 10 heteroatoms. The number of rotatable bonds is 9. The van der Waals surface area contributed by atoms with E-state index in [4.69, 9.17) is 8.83 Å². The molecule has 3 aromatic rings. The lowest BCUT2D eigenvalue weighted by Gasteiger charge is -2.09.